The normalized spacial score (nSPS) is 11.7. The third-order valence-electron chi connectivity index (χ3n) is 3.93. The van der Waals surface area contributed by atoms with E-state index in [2.05, 4.69) is 58.6 Å². The molecule has 3 aromatic rings. The second-order valence-electron chi connectivity index (χ2n) is 5.72. The summed E-state index contributed by atoms with van der Waals surface area (Å²) in [6, 6.07) is 16.8. The van der Waals surface area contributed by atoms with Gasteiger partial charge in [-0.3, -0.25) is 4.79 Å². The van der Waals surface area contributed by atoms with E-state index in [0.717, 1.165) is 27.6 Å². The lowest BCUT2D eigenvalue weighted by Gasteiger charge is -2.13. The van der Waals surface area contributed by atoms with E-state index in [1.165, 1.54) is 10.9 Å². The summed E-state index contributed by atoms with van der Waals surface area (Å²) in [5, 5.41) is 1.18. The first-order valence-electron chi connectivity index (χ1n) is 7.64. The van der Waals surface area contributed by atoms with Crippen LogP contribution in [-0.4, -0.2) is 10.9 Å². The summed E-state index contributed by atoms with van der Waals surface area (Å²) in [5.74, 6) is 0. The number of rotatable bonds is 4. The van der Waals surface area contributed by atoms with Crippen molar-refractivity contribution in [1.29, 1.82) is 0 Å². The quantitative estimate of drug-likeness (QED) is 0.417. The van der Waals surface area contributed by atoms with Gasteiger partial charge in [-0.15, -0.1) is 0 Å². The van der Waals surface area contributed by atoms with Crippen molar-refractivity contribution >= 4 is 39.2 Å². The highest BCUT2D eigenvalue weighted by Gasteiger charge is 2.20. The lowest BCUT2D eigenvalue weighted by molar-refractivity contribution is -0.104. The van der Waals surface area contributed by atoms with Crippen molar-refractivity contribution < 1.29 is 4.79 Å². The maximum absolute atomic E-state index is 10.9. The minimum absolute atomic E-state index is 0.288. The second kappa shape index (κ2) is 6.55. The van der Waals surface area contributed by atoms with Gasteiger partial charge in [0, 0.05) is 21.5 Å². The molecule has 1 heterocycles. The van der Waals surface area contributed by atoms with Gasteiger partial charge in [-0.25, -0.2) is 0 Å². The van der Waals surface area contributed by atoms with Gasteiger partial charge in [-0.05, 0) is 43.7 Å². The lowest BCUT2D eigenvalue weighted by atomic mass is 10.0. The molecule has 2 aromatic carbocycles. The van der Waals surface area contributed by atoms with E-state index in [1.54, 1.807) is 6.08 Å². The SMILES string of the molecule is CC(C)n1c(C=CC=O)c(-c2ccccc2)c2c(Br)cccc21. The smallest absolute Gasteiger partial charge is 0.142 e. The van der Waals surface area contributed by atoms with Crippen LogP contribution in [0.1, 0.15) is 25.6 Å². The fourth-order valence-corrected chi connectivity index (χ4v) is 3.64. The summed E-state index contributed by atoms with van der Waals surface area (Å²) in [6.07, 6.45) is 4.29. The summed E-state index contributed by atoms with van der Waals surface area (Å²) in [4.78, 5) is 10.9. The van der Waals surface area contributed by atoms with Crippen molar-refractivity contribution in [2.75, 3.05) is 0 Å². The van der Waals surface area contributed by atoms with Gasteiger partial charge in [-0.1, -0.05) is 52.3 Å². The van der Waals surface area contributed by atoms with Crippen molar-refractivity contribution in [2.45, 2.75) is 19.9 Å². The number of hydrogen-bond donors (Lipinski definition) is 0. The fraction of sp³-hybridized carbons (Fsp3) is 0.150. The second-order valence-corrected chi connectivity index (χ2v) is 6.57. The molecule has 0 aliphatic carbocycles. The minimum Gasteiger partial charge on any atom is -0.338 e. The molecule has 0 radical (unpaired) electrons. The molecule has 0 amide bonds. The molecule has 116 valence electrons. The molecule has 1 aromatic heterocycles. The number of benzene rings is 2. The molecule has 0 bridgehead atoms. The van der Waals surface area contributed by atoms with Gasteiger partial charge in [0.25, 0.3) is 0 Å². The van der Waals surface area contributed by atoms with Gasteiger partial charge in [0.05, 0.1) is 11.2 Å². The van der Waals surface area contributed by atoms with Gasteiger partial charge in [0.1, 0.15) is 6.29 Å². The number of halogens is 1. The summed E-state index contributed by atoms with van der Waals surface area (Å²) < 4.78 is 3.34. The Morgan fingerprint density at radius 2 is 1.78 bits per heavy atom. The monoisotopic (exact) mass is 367 g/mol. The van der Waals surface area contributed by atoms with E-state index < -0.39 is 0 Å². The van der Waals surface area contributed by atoms with E-state index >= 15 is 0 Å². The van der Waals surface area contributed by atoms with E-state index in [-0.39, 0.29) is 6.04 Å². The molecule has 0 saturated heterocycles. The zero-order valence-corrected chi connectivity index (χ0v) is 14.7. The Balaban J connectivity index is 2.49. The van der Waals surface area contributed by atoms with Crippen molar-refractivity contribution in [3.63, 3.8) is 0 Å². The van der Waals surface area contributed by atoms with Crippen LogP contribution in [0.2, 0.25) is 0 Å². The van der Waals surface area contributed by atoms with Crippen LogP contribution in [0.5, 0.6) is 0 Å². The fourth-order valence-electron chi connectivity index (χ4n) is 3.09. The van der Waals surface area contributed by atoms with Crippen LogP contribution in [0.4, 0.5) is 0 Å². The van der Waals surface area contributed by atoms with Crippen molar-refractivity contribution in [2.24, 2.45) is 0 Å². The maximum Gasteiger partial charge on any atom is 0.142 e. The number of aldehydes is 1. The van der Waals surface area contributed by atoms with Crippen LogP contribution < -0.4 is 0 Å². The molecule has 0 saturated carbocycles. The predicted molar refractivity (Wildman–Crippen MR) is 101 cm³/mol. The van der Waals surface area contributed by atoms with Crippen LogP contribution in [0.25, 0.3) is 28.1 Å². The molecule has 2 nitrogen and oxygen atoms in total. The number of fused-ring (bicyclic) bond motifs is 1. The lowest BCUT2D eigenvalue weighted by Crippen LogP contribution is -2.02. The summed E-state index contributed by atoms with van der Waals surface area (Å²) in [6.45, 7) is 4.32. The third kappa shape index (κ3) is 2.77. The van der Waals surface area contributed by atoms with Crippen LogP contribution >= 0.6 is 15.9 Å². The standard InChI is InChI=1S/C20H18BrNO/c1-14(2)22-17(12-7-13-23)19(15-8-4-3-5-9-15)20-16(21)10-6-11-18(20)22/h3-14H,1-2H3. The zero-order valence-electron chi connectivity index (χ0n) is 13.2. The molecule has 0 spiro atoms. The van der Waals surface area contributed by atoms with E-state index in [9.17, 15) is 4.79 Å². The highest BCUT2D eigenvalue weighted by Crippen LogP contribution is 2.41. The largest absolute Gasteiger partial charge is 0.338 e. The molecule has 0 aliphatic heterocycles. The van der Waals surface area contributed by atoms with Gasteiger partial charge in [0.2, 0.25) is 0 Å². The molecule has 3 heteroatoms. The molecular weight excluding hydrogens is 350 g/mol. The topological polar surface area (TPSA) is 22.0 Å². The number of hydrogen-bond acceptors (Lipinski definition) is 1. The molecule has 0 aliphatic rings. The Bertz CT molecular complexity index is 876. The highest BCUT2D eigenvalue weighted by molar-refractivity contribution is 9.10. The van der Waals surface area contributed by atoms with Crippen LogP contribution in [0, 0.1) is 0 Å². The van der Waals surface area contributed by atoms with Gasteiger partial charge in [-0.2, -0.15) is 0 Å². The van der Waals surface area contributed by atoms with Gasteiger partial charge in [0.15, 0.2) is 0 Å². The summed E-state index contributed by atoms with van der Waals surface area (Å²) in [5.41, 5.74) is 4.52. The Labute approximate surface area is 144 Å². The first-order valence-corrected chi connectivity index (χ1v) is 8.44. The molecule has 0 atom stereocenters. The third-order valence-corrected chi connectivity index (χ3v) is 4.59. The number of aromatic nitrogens is 1. The average molecular weight is 368 g/mol. The van der Waals surface area contributed by atoms with Crippen LogP contribution in [0.15, 0.2) is 59.1 Å². The van der Waals surface area contributed by atoms with Crippen LogP contribution in [-0.2, 0) is 4.79 Å². The maximum atomic E-state index is 10.9. The van der Waals surface area contributed by atoms with Crippen molar-refractivity contribution in [1.82, 2.24) is 4.57 Å². The first kappa shape index (κ1) is 15.8. The Hall–Kier alpha value is -2.13. The average Bonchev–Trinajstić information content (AvgIpc) is 2.89. The van der Waals surface area contributed by atoms with Gasteiger partial charge < -0.3 is 4.57 Å². The minimum atomic E-state index is 0.288. The van der Waals surface area contributed by atoms with Crippen molar-refractivity contribution in [3.8, 4) is 11.1 Å². The molecule has 0 unspecified atom stereocenters. The molecular formula is C20H18BrNO. The van der Waals surface area contributed by atoms with Crippen molar-refractivity contribution in [3.05, 3.63) is 64.8 Å². The number of nitrogens with zero attached hydrogens (tertiary/aromatic N) is 1. The van der Waals surface area contributed by atoms with E-state index in [0.29, 0.717) is 0 Å². The number of allylic oxidation sites excluding steroid dienone is 1. The van der Waals surface area contributed by atoms with E-state index in [4.69, 9.17) is 0 Å². The highest BCUT2D eigenvalue weighted by atomic mass is 79.9. The van der Waals surface area contributed by atoms with Gasteiger partial charge >= 0.3 is 0 Å². The van der Waals surface area contributed by atoms with E-state index in [1.807, 2.05) is 30.3 Å². The number of carbonyl (C=O) groups excluding carboxylic acids is 1. The summed E-state index contributed by atoms with van der Waals surface area (Å²) in [7, 11) is 0. The number of carbonyl (C=O) groups is 1. The molecule has 23 heavy (non-hydrogen) atoms. The Morgan fingerprint density at radius 3 is 2.43 bits per heavy atom. The Kier molecular flexibility index (Phi) is 4.49. The first-order chi connectivity index (χ1) is 11.1. The summed E-state index contributed by atoms with van der Waals surface area (Å²) >= 11 is 3.70. The molecule has 0 fully saturated rings. The zero-order chi connectivity index (χ0) is 16.4. The Morgan fingerprint density at radius 1 is 1.04 bits per heavy atom. The molecule has 3 rings (SSSR count). The predicted octanol–water partition coefficient (Wildman–Crippen LogP) is 5.86. The molecule has 0 N–H and O–H groups in total. The van der Waals surface area contributed by atoms with Crippen LogP contribution in [0.3, 0.4) is 0 Å².